The van der Waals surface area contributed by atoms with Gasteiger partial charge in [0, 0.05) is 13.1 Å². The lowest BCUT2D eigenvalue weighted by Crippen LogP contribution is -2.46. The van der Waals surface area contributed by atoms with Crippen molar-refractivity contribution in [1.82, 2.24) is 9.80 Å². The van der Waals surface area contributed by atoms with Crippen LogP contribution in [-0.4, -0.2) is 73.4 Å². The van der Waals surface area contributed by atoms with E-state index in [1.807, 2.05) is 0 Å². The Morgan fingerprint density at radius 1 is 1.37 bits per heavy atom. The molecule has 2 aliphatic rings. The Hall–Kier alpha value is -2.67. The monoisotopic (exact) mass is 450 g/mol. The summed E-state index contributed by atoms with van der Waals surface area (Å²) in [5.41, 5.74) is 0.537. The molecule has 1 aromatic carbocycles. The first-order valence-corrected chi connectivity index (χ1v) is 10.2. The van der Waals surface area contributed by atoms with Gasteiger partial charge in [0.15, 0.2) is 11.5 Å². The van der Waals surface area contributed by atoms with E-state index in [2.05, 4.69) is 5.92 Å². The van der Waals surface area contributed by atoms with Gasteiger partial charge in [0.2, 0.25) is 5.91 Å². The highest BCUT2D eigenvalue weighted by Crippen LogP contribution is 2.38. The number of morpholine rings is 1. The molecule has 10 heteroatoms. The van der Waals surface area contributed by atoms with Gasteiger partial charge in [0.05, 0.1) is 30.3 Å². The summed E-state index contributed by atoms with van der Waals surface area (Å²) in [6, 6.07) is 3.19. The average molecular weight is 451 g/mol. The summed E-state index contributed by atoms with van der Waals surface area (Å²) in [4.78, 5) is 40.1. The number of terminal acetylenes is 1. The topological polar surface area (TPSA) is 85.4 Å². The number of methoxy groups -OCH3 is 1. The number of thioether (sulfide) groups is 1. The van der Waals surface area contributed by atoms with Crippen molar-refractivity contribution in [3.05, 3.63) is 27.6 Å². The molecule has 0 aliphatic carbocycles. The van der Waals surface area contributed by atoms with E-state index in [0.717, 1.165) is 16.7 Å². The van der Waals surface area contributed by atoms with Crippen LogP contribution in [0.3, 0.4) is 0 Å². The van der Waals surface area contributed by atoms with Crippen LogP contribution in [0, 0.1) is 12.3 Å². The minimum absolute atomic E-state index is 0.0193. The summed E-state index contributed by atoms with van der Waals surface area (Å²) in [6.45, 7) is 1.49. The van der Waals surface area contributed by atoms with Crippen molar-refractivity contribution in [3.8, 4) is 23.8 Å². The smallest absolute Gasteiger partial charge is 0.294 e. The van der Waals surface area contributed by atoms with Gasteiger partial charge in [-0.2, -0.15) is 0 Å². The molecule has 0 saturated carbocycles. The molecule has 2 aliphatic heterocycles. The van der Waals surface area contributed by atoms with Gasteiger partial charge in [-0.15, -0.1) is 6.42 Å². The van der Waals surface area contributed by atoms with Gasteiger partial charge in [-0.1, -0.05) is 17.5 Å². The minimum atomic E-state index is -0.533. The molecule has 0 bridgehead atoms. The van der Waals surface area contributed by atoms with Crippen LogP contribution in [-0.2, 0) is 14.3 Å². The summed E-state index contributed by atoms with van der Waals surface area (Å²) in [6.07, 6.45) is 6.72. The fourth-order valence-electron chi connectivity index (χ4n) is 2.91. The third-order valence-electron chi connectivity index (χ3n) is 4.38. The predicted octanol–water partition coefficient (Wildman–Crippen LogP) is 2.26. The third-order valence-corrected chi connectivity index (χ3v) is 5.57. The number of carbonyl (C=O) groups is 3. The minimum Gasteiger partial charge on any atom is -0.493 e. The number of halogens is 1. The molecule has 1 aromatic rings. The maximum Gasteiger partial charge on any atom is 0.294 e. The largest absolute Gasteiger partial charge is 0.493 e. The van der Waals surface area contributed by atoms with Gasteiger partial charge in [0.1, 0.15) is 13.2 Å². The molecular formula is C20H19ClN2O6S. The SMILES string of the molecule is C#CCOc1c(Cl)cc(/C=C2/SC(=O)N(CC(=O)N3CCOCC3)C2=O)cc1OC. The lowest BCUT2D eigenvalue weighted by molar-refractivity contribution is -0.139. The highest BCUT2D eigenvalue weighted by Gasteiger charge is 2.37. The summed E-state index contributed by atoms with van der Waals surface area (Å²) in [7, 11) is 1.45. The molecule has 8 nitrogen and oxygen atoms in total. The number of carbonyl (C=O) groups excluding carboxylic acids is 3. The first-order valence-electron chi connectivity index (χ1n) is 8.99. The number of imide groups is 1. The second kappa shape index (κ2) is 9.89. The van der Waals surface area contributed by atoms with Crippen LogP contribution < -0.4 is 9.47 Å². The molecule has 0 N–H and O–H groups in total. The standard InChI is InChI=1S/C20H19ClN2O6S/c1-3-6-29-18-14(21)9-13(10-15(18)27-2)11-16-19(25)23(20(26)30-16)12-17(24)22-4-7-28-8-5-22/h1,9-11H,4-8,12H2,2H3/b16-11+. The van der Waals surface area contributed by atoms with Gasteiger partial charge in [-0.05, 0) is 35.5 Å². The fraction of sp³-hybridized carbons (Fsp3) is 0.350. The number of ether oxygens (including phenoxy) is 3. The van der Waals surface area contributed by atoms with Crippen LogP contribution in [0.25, 0.3) is 6.08 Å². The van der Waals surface area contributed by atoms with Crippen molar-refractivity contribution in [3.63, 3.8) is 0 Å². The highest BCUT2D eigenvalue weighted by atomic mass is 35.5. The maximum atomic E-state index is 12.7. The normalized spacial score (nSPS) is 18.0. The molecule has 0 spiro atoms. The Kier molecular flexibility index (Phi) is 7.26. The molecule has 2 saturated heterocycles. The van der Waals surface area contributed by atoms with E-state index in [9.17, 15) is 14.4 Å². The van der Waals surface area contributed by atoms with Crippen molar-refractivity contribution in [2.45, 2.75) is 0 Å². The van der Waals surface area contributed by atoms with Crippen LogP contribution in [0.5, 0.6) is 11.5 Å². The number of rotatable bonds is 6. The van der Waals surface area contributed by atoms with Crippen molar-refractivity contribution in [2.75, 3.05) is 46.6 Å². The number of amides is 3. The molecule has 0 atom stereocenters. The lowest BCUT2D eigenvalue weighted by Gasteiger charge is -2.28. The van der Waals surface area contributed by atoms with Crippen LogP contribution in [0.1, 0.15) is 5.56 Å². The first kappa shape index (κ1) is 22.0. The summed E-state index contributed by atoms with van der Waals surface area (Å²) < 4.78 is 15.9. The van der Waals surface area contributed by atoms with Crippen LogP contribution in [0.15, 0.2) is 17.0 Å². The van der Waals surface area contributed by atoms with E-state index in [1.165, 1.54) is 13.2 Å². The zero-order valence-electron chi connectivity index (χ0n) is 16.2. The quantitative estimate of drug-likeness (QED) is 0.485. The van der Waals surface area contributed by atoms with Gasteiger partial charge < -0.3 is 19.1 Å². The summed E-state index contributed by atoms with van der Waals surface area (Å²) in [5.74, 6) is 2.15. The van der Waals surface area contributed by atoms with Gasteiger partial charge in [-0.25, -0.2) is 0 Å². The van der Waals surface area contributed by atoms with E-state index < -0.39 is 11.1 Å². The van der Waals surface area contributed by atoms with Gasteiger partial charge >= 0.3 is 0 Å². The Morgan fingerprint density at radius 3 is 2.77 bits per heavy atom. The Balaban J connectivity index is 1.77. The van der Waals surface area contributed by atoms with E-state index in [1.54, 1.807) is 17.0 Å². The molecule has 2 heterocycles. The summed E-state index contributed by atoms with van der Waals surface area (Å²) >= 11 is 7.01. The molecule has 158 valence electrons. The number of nitrogens with zero attached hydrogens (tertiary/aromatic N) is 2. The maximum absolute atomic E-state index is 12.7. The Labute approximate surface area is 183 Å². The zero-order chi connectivity index (χ0) is 21.7. The van der Waals surface area contributed by atoms with E-state index in [4.69, 9.17) is 32.2 Å². The Bertz CT molecular complexity index is 936. The van der Waals surface area contributed by atoms with Gasteiger partial charge in [-0.3, -0.25) is 19.3 Å². The van der Waals surface area contributed by atoms with E-state index in [0.29, 0.717) is 43.4 Å². The second-order valence-corrected chi connectivity index (χ2v) is 7.69. The van der Waals surface area contributed by atoms with Crippen molar-refractivity contribution < 1.29 is 28.6 Å². The fourth-order valence-corrected chi connectivity index (χ4v) is 4.02. The molecule has 30 heavy (non-hydrogen) atoms. The number of hydrogen-bond acceptors (Lipinski definition) is 7. The highest BCUT2D eigenvalue weighted by molar-refractivity contribution is 8.18. The second-order valence-electron chi connectivity index (χ2n) is 6.29. The van der Waals surface area contributed by atoms with E-state index in [-0.39, 0.29) is 29.0 Å². The lowest BCUT2D eigenvalue weighted by atomic mass is 10.1. The van der Waals surface area contributed by atoms with Crippen molar-refractivity contribution in [2.24, 2.45) is 0 Å². The molecule has 3 rings (SSSR count). The van der Waals surface area contributed by atoms with Crippen LogP contribution in [0.4, 0.5) is 4.79 Å². The van der Waals surface area contributed by atoms with Crippen molar-refractivity contribution in [1.29, 1.82) is 0 Å². The van der Waals surface area contributed by atoms with Crippen LogP contribution >= 0.6 is 23.4 Å². The predicted molar refractivity (Wildman–Crippen MR) is 112 cm³/mol. The van der Waals surface area contributed by atoms with E-state index >= 15 is 0 Å². The van der Waals surface area contributed by atoms with Crippen LogP contribution in [0.2, 0.25) is 5.02 Å². The molecule has 2 fully saturated rings. The van der Waals surface area contributed by atoms with Gasteiger partial charge in [0.25, 0.3) is 11.1 Å². The molecule has 3 amide bonds. The number of hydrogen-bond donors (Lipinski definition) is 0. The molecule has 0 radical (unpaired) electrons. The number of benzene rings is 1. The molecule has 0 aromatic heterocycles. The molecule has 0 unspecified atom stereocenters. The zero-order valence-corrected chi connectivity index (χ0v) is 17.8. The first-order chi connectivity index (χ1) is 14.4. The average Bonchev–Trinajstić information content (AvgIpc) is 3.00. The van der Waals surface area contributed by atoms with Crippen molar-refractivity contribution >= 4 is 46.5 Å². The third kappa shape index (κ3) is 4.90. The molecular weight excluding hydrogens is 432 g/mol. The Morgan fingerprint density at radius 2 is 2.10 bits per heavy atom. The summed E-state index contributed by atoms with van der Waals surface area (Å²) in [5, 5.41) is -0.252.